The lowest BCUT2D eigenvalue weighted by molar-refractivity contribution is 0.654. The Kier molecular flexibility index (Phi) is 3.18. The molecule has 0 fully saturated rings. The van der Waals surface area contributed by atoms with Crippen molar-refractivity contribution in [2.24, 2.45) is 7.05 Å². The van der Waals surface area contributed by atoms with Gasteiger partial charge in [-0.05, 0) is 28.8 Å². The summed E-state index contributed by atoms with van der Waals surface area (Å²) in [5.74, 6) is 0. The average molecular weight is 221 g/mol. The van der Waals surface area contributed by atoms with Crippen molar-refractivity contribution in [2.75, 3.05) is 0 Å². The number of hydrogen-bond acceptors (Lipinski definition) is 3. The molecule has 0 bridgehead atoms. The van der Waals surface area contributed by atoms with Crippen LogP contribution < -0.4 is 5.32 Å². The lowest BCUT2D eigenvalue weighted by Gasteiger charge is -2.04. The van der Waals surface area contributed by atoms with E-state index in [0.717, 1.165) is 13.1 Å². The molecule has 4 heteroatoms. The van der Waals surface area contributed by atoms with Crippen molar-refractivity contribution in [1.29, 1.82) is 0 Å². The van der Waals surface area contributed by atoms with E-state index in [4.69, 9.17) is 0 Å². The number of nitrogens with zero attached hydrogens (tertiary/aromatic N) is 2. The second-order valence-electron chi connectivity index (χ2n) is 3.68. The van der Waals surface area contributed by atoms with E-state index >= 15 is 0 Å². The molecule has 0 spiro atoms. The number of imidazole rings is 1. The summed E-state index contributed by atoms with van der Waals surface area (Å²) in [5.41, 5.74) is 3.97. The van der Waals surface area contributed by atoms with Gasteiger partial charge in [0.15, 0.2) is 0 Å². The molecule has 0 aliphatic rings. The highest BCUT2D eigenvalue weighted by Gasteiger charge is 2.00. The van der Waals surface area contributed by atoms with Gasteiger partial charge in [0.1, 0.15) is 0 Å². The van der Waals surface area contributed by atoms with E-state index in [-0.39, 0.29) is 0 Å². The monoisotopic (exact) mass is 221 g/mol. The summed E-state index contributed by atoms with van der Waals surface area (Å²) in [7, 11) is 2.01. The van der Waals surface area contributed by atoms with Gasteiger partial charge in [-0.1, -0.05) is 0 Å². The van der Waals surface area contributed by atoms with Crippen LogP contribution in [0.2, 0.25) is 0 Å². The molecule has 0 aliphatic heterocycles. The first kappa shape index (κ1) is 10.4. The third-order valence-corrected chi connectivity index (χ3v) is 3.41. The van der Waals surface area contributed by atoms with Crippen LogP contribution in [0.25, 0.3) is 0 Å². The Hall–Kier alpha value is -1.13. The van der Waals surface area contributed by atoms with Crippen LogP contribution in [0.5, 0.6) is 0 Å². The smallest absolute Gasteiger partial charge is 0.0945 e. The largest absolute Gasteiger partial charge is 0.337 e. The third kappa shape index (κ3) is 2.46. The summed E-state index contributed by atoms with van der Waals surface area (Å²) in [6.07, 6.45) is 3.72. The molecule has 0 amide bonds. The fourth-order valence-electron chi connectivity index (χ4n) is 1.45. The molecular formula is C11H15N3S. The Labute approximate surface area is 93.8 Å². The molecule has 0 unspecified atom stereocenters. The van der Waals surface area contributed by atoms with E-state index in [1.54, 1.807) is 11.3 Å². The standard InChI is InChI=1S/C11H15N3S/c1-9-6-15-7-10(9)3-12-4-11-5-13-8-14(11)2/h5-8,12H,3-4H2,1-2H3. The predicted octanol–water partition coefficient (Wildman–Crippen LogP) is 2.08. The molecule has 2 aromatic rings. The summed E-state index contributed by atoms with van der Waals surface area (Å²) in [4.78, 5) is 4.08. The van der Waals surface area contributed by atoms with Gasteiger partial charge in [-0.15, -0.1) is 0 Å². The first-order valence-corrected chi connectivity index (χ1v) is 5.89. The average Bonchev–Trinajstić information content (AvgIpc) is 2.78. The molecule has 0 radical (unpaired) electrons. The summed E-state index contributed by atoms with van der Waals surface area (Å²) in [5, 5.41) is 7.80. The Balaban J connectivity index is 1.86. The van der Waals surface area contributed by atoms with Gasteiger partial charge in [0.05, 0.1) is 12.0 Å². The number of aromatic nitrogens is 2. The van der Waals surface area contributed by atoms with E-state index in [1.165, 1.54) is 16.8 Å². The summed E-state index contributed by atoms with van der Waals surface area (Å²) < 4.78 is 2.04. The molecule has 0 atom stereocenters. The Morgan fingerprint density at radius 1 is 1.40 bits per heavy atom. The Bertz CT molecular complexity index is 390. The summed E-state index contributed by atoms with van der Waals surface area (Å²) in [6.45, 7) is 3.95. The van der Waals surface area contributed by atoms with Gasteiger partial charge in [-0.2, -0.15) is 11.3 Å². The van der Waals surface area contributed by atoms with Crippen molar-refractivity contribution in [3.63, 3.8) is 0 Å². The van der Waals surface area contributed by atoms with E-state index < -0.39 is 0 Å². The second-order valence-corrected chi connectivity index (χ2v) is 4.42. The highest BCUT2D eigenvalue weighted by Crippen LogP contribution is 2.13. The minimum Gasteiger partial charge on any atom is -0.337 e. The summed E-state index contributed by atoms with van der Waals surface area (Å²) in [6, 6.07) is 0. The van der Waals surface area contributed by atoms with Crippen molar-refractivity contribution in [3.05, 3.63) is 40.1 Å². The van der Waals surface area contributed by atoms with Crippen LogP contribution in [0.1, 0.15) is 16.8 Å². The van der Waals surface area contributed by atoms with Crippen LogP contribution in [-0.4, -0.2) is 9.55 Å². The van der Waals surface area contributed by atoms with Gasteiger partial charge < -0.3 is 9.88 Å². The van der Waals surface area contributed by atoms with Crippen molar-refractivity contribution >= 4 is 11.3 Å². The maximum absolute atomic E-state index is 4.08. The van der Waals surface area contributed by atoms with Crippen LogP contribution >= 0.6 is 11.3 Å². The van der Waals surface area contributed by atoms with Crippen molar-refractivity contribution in [3.8, 4) is 0 Å². The number of nitrogens with one attached hydrogen (secondary N) is 1. The van der Waals surface area contributed by atoms with E-state index in [1.807, 2.05) is 24.1 Å². The lowest BCUT2D eigenvalue weighted by Crippen LogP contribution is -2.14. The minimum absolute atomic E-state index is 0.867. The minimum atomic E-state index is 0.867. The Morgan fingerprint density at radius 2 is 2.27 bits per heavy atom. The van der Waals surface area contributed by atoms with Crippen LogP contribution in [0.4, 0.5) is 0 Å². The molecule has 2 heterocycles. The fraction of sp³-hybridized carbons (Fsp3) is 0.364. The molecule has 15 heavy (non-hydrogen) atoms. The summed E-state index contributed by atoms with van der Waals surface area (Å²) >= 11 is 1.76. The normalized spacial score (nSPS) is 10.8. The maximum atomic E-state index is 4.08. The molecular weight excluding hydrogens is 206 g/mol. The molecule has 3 nitrogen and oxygen atoms in total. The molecule has 0 aliphatic carbocycles. The highest BCUT2D eigenvalue weighted by atomic mass is 32.1. The van der Waals surface area contributed by atoms with Gasteiger partial charge in [-0.3, -0.25) is 0 Å². The molecule has 80 valence electrons. The van der Waals surface area contributed by atoms with Gasteiger partial charge in [-0.25, -0.2) is 4.98 Å². The van der Waals surface area contributed by atoms with E-state index in [9.17, 15) is 0 Å². The van der Waals surface area contributed by atoms with Gasteiger partial charge in [0, 0.05) is 26.3 Å². The number of thiophene rings is 1. The van der Waals surface area contributed by atoms with Crippen molar-refractivity contribution in [1.82, 2.24) is 14.9 Å². The molecule has 0 aromatic carbocycles. The second kappa shape index (κ2) is 4.59. The molecule has 0 saturated carbocycles. The van der Waals surface area contributed by atoms with Gasteiger partial charge in [0.25, 0.3) is 0 Å². The molecule has 1 N–H and O–H groups in total. The first-order chi connectivity index (χ1) is 7.27. The SMILES string of the molecule is Cc1cscc1CNCc1cncn1C. The van der Waals surface area contributed by atoms with Crippen molar-refractivity contribution < 1.29 is 0 Å². The van der Waals surface area contributed by atoms with Crippen molar-refractivity contribution in [2.45, 2.75) is 20.0 Å². The first-order valence-electron chi connectivity index (χ1n) is 4.95. The quantitative estimate of drug-likeness (QED) is 0.856. The number of rotatable bonds is 4. The van der Waals surface area contributed by atoms with Gasteiger partial charge in [0.2, 0.25) is 0 Å². The zero-order chi connectivity index (χ0) is 10.7. The third-order valence-electron chi connectivity index (χ3n) is 2.50. The number of hydrogen-bond donors (Lipinski definition) is 1. The Morgan fingerprint density at radius 3 is 2.87 bits per heavy atom. The van der Waals surface area contributed by atoms with E-state index in [2.05, 4.69) is 28.0 Å². The molecule has 0 saturated heterocycles. The predicted molar refractivity (Wildman–Crippen MR) is 62.8 cm³/mol. The topological polar surface area (TPSA) is 29.9 Å². The number of aryl methyl sites for hydroxylation is 2. The molecule has 2 rings (SSSR count). The van der Waals surface area contributed by atoms with Gasteiger partial charge >= 0.3 is 0 Å². The zero-order valence-corrected chi connectivity index (χ0v) is 9.84. The maximum Gasteiger partial charge on any atom is 0.0945 e. The van der Waals surface area contributed by atoms with Crippen LogP contribution in [0.15, 0.2) is 23.3 Å². The van der Waals surface area contributed by atoms with E-state index in [0.29, 0.717) is 0 Å². The van der Waals surface area contributed by atoms with Crippen LogP contribution in [0, 0.1) is 6.92 Å². The highest BCUT2D eigenvalue weighted by molar-refractivity contribution is 7.08. The van der Waals surface area contributed by atoms with Crippen LogP contribution in [0.3, 0.4) is 0 Å². The molecule has 2 aromatic heterocycles. The van der Waals surface area contributed by atoms with Crippen LogP contribution in [-0.2, 0) is 20.1 Å². The zero-order valence-electron chi connectivity index (χ0n) is 9.03. The lowest BCUT2D eigenvalue weighted by atomic mass is 10.2. The fourth-order valence-corrected chi connectivity index (χ4v) is 2.31.